The number of nitrogens with one attached hydrogen (secondary N) is 1. The van der Waals surface area contributed by atoms with Crippen LogP contribution in [0.25, 0.3) is 0 Å². The molecule has 4 rings (SSSR count). The van der Waals surface area contributed by atoms with Crippen molar-refractivity contribution in [2.45, 2.75) is 12.7 Å². The maximum absolute atomic E-state index is 13.0. The van der Waals surface area contributed by atoms with Crippen molar-refractivity contribution < 1.29 is 22.8 Å². The Hall–Kier alpha value is -3.62. The highest BCUT2D eigenvalue weighted by Gasteiger charge is 2.32. The molecule has 0 bridgehead atoms. The Bertz CT molecular complexity index is 1060. The Kier molecular flexibility index (Phi) is 4.57. The summed E-state index contributed by atoms with van der Waals surface area (Å²) in [7, 11) is 0. The predicted octanol–water partition coefficient (Wildman–Crippen LogP) is 3.81. The van der Waals surface area contributed by atoms with Gasteiger partial charge in [-0.2, -0.15) is 13.2 Å². The van der Waals surface area contributed by atoms with E-state index >= 15 is 0 Å². The highest BCUT2D eigenvalue weighted by molar-refractivity contribution is 6.13. The summed E-state index contributed by atoms with van der Waals surface area (Å²) in [5.41, 5.74) is 0.530. The van der Waals surface area contributed by atoms with Gasteiger partial charge in [-0.05, 0) is 42.5 Å². The molecule has 1 N–H and O–H groups in total. The topological polar surface area (TPSA) is 67.2 Å². The maximum Gasteiger partial charge on any atom is 0.416 e. The summed E-state index contributed by atoms with van der Waals surface area (Å²) < 4.78 is 40.0. The van der Waals surface area contributed by atoms with Gasteiger partial charge in [-0.3, -0.25) is 14.6 Å². The quantitative estimate of drug-likeness (QED) is 0.727. The number of halogens is 3. The van der Waals surface area contributed by atoms with E-state index in [1.807, 2.05) is 0 Å². The minimum Gasteiger partial charge on any atom is -0.340 e. The molecule has 0 fully saturated rings. The van der Waals surface area contributed by atoms with Gasteiger partial charge >= 0.3 is 6.18 Å². The van der Waals surface area contributed by atoms with Gasteiger partial charge in [-0.25, -0.2) is 0 Å². The number of pyridine rings is 1. The first-order chi connectivity index (χ1) is 13.8. The van der Waals surface area contributed by atoms with E-state index in [1.54, 1.807) is 35.2 Å². The fraction of sp³-hybridized carbons (Fsp3) is 0.150. The summed E-state index contributed by atoms with van der Waals surface area (Å²) in [6.45, 7) is 0.757. The summed E-state index contributed by atoms with van der Waals surface area (Å²) in [6, 6.07) is 9.28. The van der Waals surface area contributed by atoms with E-state index in [2.05, 4.69) is 10.3 Å². The number of fused-ring (bicyclic) bond motifs is 1. The third-order valence-corrected chi connectivity index (χ3v) is 4.65. The van der Waals surface area contributed by atoms with Crippen molar-refractivity contribution in [2.75, 3.05) is 16.8 Å². The summed E-state index contributed by atoms with van der Waals surface area (Å²) in [4.78, 5) is 30.7. The third kappa shape index (κ3) is 3.58. The fourth-order valence-electron chi connectivity index (χ4n) is 3.20. The van der Waals surface area contributed by atoms with Gasteiger partial charge in [0.15, 0.2) is 0 Å². The van der Waals surface area contributed by atoms with E-state index < -0.39 is 23.6 Å². The largest absolute Gasteiger partial charge is 0.416 e. The first kappa shape index (κ1) is 18.7. The van der Waals surface area contributed by atoms with Crippen molar-refractivity contribution >= 4 is 23.2 Å². The number of hydrogen-bond acceptors (Lipinski definition) is 3. The Balaban J connectivity index is 1.59. The molecule has 2 aromatic heterocycles. The second-order valence-electron chi connectivity index (χ2n) is 6.47. The number of nitrogens with zero attached hydrogens (tertiary/aromatic N) is 3. The standard InChI is InChI=1S/C20H15F3N4O2/c21-20(22,23)14-3-5-15(6-4-14)27-11-10-26-9-7-16(17(26)19(27)29)25-18(28)13-2-1-8-24-12-13/h1-9,12H,10-11H2,(H,25,28). The van der Waals surface area contributed by atoms with Crippen molar-refractivity contribution in [1.29, 1.82) is 0 Å². The summed E-state index contributed by atoms with van der Waals surface area (Å²) in [5, 5.41) is 2.70. The predicted molar refractivity (Wildman–Crippen MR) is 99.7 cm³/mol. The number of aromatic nitrogens is 2. The molecule has 3 aromatic rings. The third-order valence-electron chi connectivity index (χ3n) is 4.65. The van der Waals surface area contributed by atoms with Crippen LogP contribution in [0.2, 0.25) is 0 Å². The number of hydrogen-bond donors (Lipinski definition) is 1. The number of amides is 2. The molecule has 2 amide bonds. The highest BCUT2D eigenvalue weighted by Crippen LogP contribution is 2.32. The van der Waals surface area contributed by atoms with E-state index in [4.69, 9.17) is 0 Å². The lowest BCUT2D eigenvalue weighted by molar-refractivity contribution is -0.137. The Morgan fingerprint density at radius 1 is 1.07 bits per heavy atom. The monoisotopic (exact) mass is 400 g/mol. The lowest BCUT2D eigenvalue weighted by Crippen LogP contribution is -2.40. The van der Waals surface area contributed by atoms with Crippen LogP contribution in [0.15, 0.2) is 61.1 Å². The van der Waals surface area contributed by atoms with Crippen LogP contribution in [0, 0.1) is 0 Å². The van der Waals surface area contributed by atoms with Gasteiger partial charge in [0, 0.05) is 37.4 Å². The zero-order valence-corrected chi connectivity index (χ0v) is 15.0. The van der Waals surface area contributed by atoms with Gasteiger partial charge in [0.2, 0.25) is 0 Å². The normalized spacial score (nSPS) is 13.9. The molecule has 3 heterocycles. The minimum atomic E-state index is -4.44. The molecular formula is C20H15F3N4O2. The van der Waals surface area contributed by atoms with Crippen molar-refractivity contribution in [3.05, 3.63) is 77.9 Å². The van der Waals surface area contributed by atoms with Crippen LogP contribution < -0.4 is 10.2 Å². The van der Waals surface area contributed by atoms with Crippen LogP contribution in [0.3, 0.4) is 0 Å². The zero-order chi connectivity index (χ0) is 20.6. The summed E-state index contributed by atoms with van der Waals surface area (Å²) in [5.74, 6) is -0.811. The van der Waals surface area contributed by atoms with Crippen molar-refractivity contribution in [2.24, 2.45) is 0 Å². The minimum absolute atomic E-state index is 0.272. The van der Waals surface area contributed by atoms with Crippen LogP contribution in [-0.4, -0.2) is 27.9 Å². The van der Waals surface area contributed by atoms with Crippen LogP contribution in [0.5, 0.6) is 0 Å². The number of carbonyl (C=O) groups excluding carboxylic acids is 2. The zero-order valence-electron chi connectivity index (χ0n) is 15.0. The lowest BCUT2D eigenvalue weighted by atomic mass is 10.1. The van der Waals surface area contributed by atoms with Crippen LogP contribution in [0.4, 0.5) is 24.5 Å². The van der Waals surface area contributed by atoms with Crippen LogP contribution in [0.1, 0.15) is 26.4 Å². The second-order valence-corrected chi connectivity index (χ2v) is 6.47. The van der Waals surface area contributed by atoms with E-state index in [1.165, 1.54) is 23.2 Å². The van der Waals surface area contributed by atoms with E-state index in [9.17, 15) is 22.8 Å². The average molecular weight is 400 g/mol. The van der Waals surface area contributed by atoms with E-state index in [0.29, 0.717) is 30.0 Å². The summed E-state index contributed by atoms with van der Waals surface area (Å²) in [6.07, 6.45) is 0.204. The van der Waals surface area contributed by atoms with Crippen LogP contribution >= 0.6 is 0 Å². The number of anilines is 2. The molecule has 1 aliphatic rings. The summed E-state index contributed by atoms with van der Waals surface area (Å²) >= 11 is 0. The molecule has 0 radical (unpaired) electrons. The van der Waals surface area contributed by atoms with E-state index in [-0.39, 0.29) is 5.69 Å². The van der Waals surface area contributed by atoms with Gasteiger partial charge in [-0.1, -0.05) is 0 Å². The molecule has 1 aliphatic heterocycles. The smallest absolute Gasteiger partial charge is 0.340 e. The number of carbonyl (C=O) groups is 2. The first-order valence-corrected chi connectivity index (χ1v) is 8.74. The van der Waals surface area contributed by atoms with Gasteiger partial charge in [-0.15, -0.1) is 0 Å². The van der Waals surface area contributed by atoms with Gasteiger partial charge < -0.3 is 14.8 Å². The molecular weight excluding hydrogens is 385 g/mol. The highest BCUT2D eigenvalue weighted by atomic mass is 19.4. The lowest BCUT2D eigenvalue weighted by Gasteiger charge is -2.29. The van der Waals surface area contributed by atoms with Crippen molar-refractivity contribution in [3.8, 4) is 0 Å². The maximum atomic E-state index is 13.0. The number of rotatable bonds is 3. The molecule has 0 unspecified atom stereocenters. The molecule has 0 atom stereocenters. The molecule has 9 heteroatoms. The molecule has 148 valence electrons. The Morgan fingerprint density at radius 3 is 2.48 bits per heavy atom. The van der Waals surface area contributed by atoms with Gasteiger partial charge in [0.25, 0.3) is 11.8 Å². The molecule has 0 saturated heterocycles. The molecule has 0 aliphatic carbocycles. The molecule has 1 aromatic carbocycles. The second kappa shape index (κ2) is 7.08. The number of alkyl halides is 3. The molecule has 0 saturated carbocycles. The first-order valence-electron chi connectivity index (χ1n) is 8.74. The average Bonchev–Trinajstić information content (AvgIpc) is 3.12. The van der Waals surface area contributed by atoms with Gasteiger partial charge in [0.1, 0.15) is 5.69 Å². The Labute approximate surface area is 163 Å². The van der Waals surface area contributed by atoms with Crippen molar-refractivity contribution in [3.63, 3.8) is 0 Å². The van der Waals surface area contributed by atoms with Gasteiger partial charge in [0.05, 0.1) is 16.8 Å². The van der Waals surface area contributed by atoms with E-state index in [0.717, 1.165) is 12.1 Å². The molecule has 6 nitrogen and oxygen atoms in total. The van der Waals surface area contributed by atoms with Crippen molar-refractivity contribution in [1.82, 2.24) is 9.55 Å². The SMILES string of the molecule is O=C(Nc1ccn2c1C(=O)N(c1ccc(C(F)(F)F)cc1)CC2)c1cccnc1. The fourth-order valence-corrected chi connectivity index (χ4v) is 3.20. The van der Waals surface area contributed by atoms with Crippen LogP contribution in [-0.2, 0) is 12.7 Å². The molecule has 0 spiro atoms. The number of benzene rings is 1. The Morgan fingerprint density at radius 2 is 1.83 bits per heavy atom. The molecule has 29 heavy (non-hydrogen) atoms.